The minimum Gasteiger partial charge on any atom is -0.490 e. The number of nitrogens with zero attached hydrogens (tertiary/aromatic N) is 3. The van der Waals surface area contributed by atoms with Crippen molar-refractivity contribution >= 4 is 21.9 Å². The van der Waals surface area contributed by atoms with E-state index in [1.165, 1.54) is 4.31 Å². The fraction of sp³-hybridized carbons (Fsp3) is 0.538. The summed E-state index contributed by atoms with van der Waals surface area (Å²) in [7, 11) is -4.02. The Bertz CT molecular complexity index is 1240. The zero-order valence-electron chi connectivity index (χ0n) is 21.7. The molecule has 2 aromatic rings. The van der Waals surface area contributed by atoms with Gasteiger partial charge in [0, 0.05) is 39.6 Å². The lowest BCUT2D eigenvalue weighted by atomic mass is 9.97. The molecular weight excluding hydrogens is 478 g/mol. The van der Waals surface area contributed by atoms with Gasteiger partial charge in [0.25, 0.3) is 5.91 Å². The third kappa shape index (κ3) is 5.50. The summed E-state index contributed by atoms with van der Waals surface area (Å²) in [6, 6.07) is 10.8. The van der Waals surface area contributed by atoms with Crippen LogP contribution in [0.15, 0.2) is 36.4 Å². The number of rotatable bonds is 7. The highest BCUT2D eigenvalue weighted by atomic mass is 32.2. The van der Waals surface area contributed by atoms with Crippen molar-refractivity contribution in [1.29, 1.82) is 0 Å². The number of nitrogens with one attached hydrogen (secondary N) is 1. The lowest BCUT2D eigenvalue weighted by molar-refractivity contribution is 0.0979. The number of carbonyl (C=O) groups excluding carboxylic acids is 1. The number of aromatic nitrogens is 1. The Hall–Kier alpha value is -2.69. The summed E-state index contributed by atoms with van der Waals surface area (Å²) in [5.41, 5.74) is 7.31. The zero-order chi connectivity index (χ0) is 26.3. The minimum atomic E-state index is -4.02. The van der Waals surface area contributed by atoms with Crippen molar-refractivity contribution in [3.8, 4) is 17.0 Å². The number of benzene rings is 1. The molecule has 0 unspecified atom stereocenters. The van der Waals surface area contributed by atoms with Gasteiger partial charge < -0.3 is 15.4 Å². The Morgan fingerprint density at radius 1 is 1.22 bits per heavy atom. The summed E-state index contributed by atoms with van der Waals surface area (Å²) >= 11 is 0. The molecule has 200 valence electrons. The molecule has 2 aliphatic heterocycles. The van der Waals surface area contributed by atoms with Gasteiger partial charge in [-0.25, -0.2) is 9.71 Å². The second-order valence-electron chi connectivity index (χ2n) is 10.8. The van der Waals surface area contributed by atoms with Gasteiger partial charge >= 0.3 is 10.2 Å². The fourth-order valence-electron chi connectivity index (χ4n) is 5.18. The molecule has 2 atom stereocenters. The molecule has 36 heavy (non-hydrogen) atoms. The van der Waals surface area contributed by atoms with Gasteiger partial charge in [-0.05, 0) is 70.7 Å². The van der Waals surface area contributed by atoms with Crippen LogP contribution in [-0.2, 0) is 10.2 Å². The average Bonchev–Trinajstić information content (AvgIpc) is 3.35. The second kappa shape index (κ2) is 9.99. The van der Waals surface area contributed by atoms with Gasteiger partial charge in [-0.15, -0.1) is 0 Å². The topological polar surface area (TPSA) is 118 Å². The predicted molar refractivity (Wildman–Crippen MR) is 145 cm³/mol. The molecule has 0 bridgehead atoms. The summed E-state index contributed by atoms with van der Waals surface area (Å²) in [4.78, 5) is 20.4. The Morgan fingerprint density at radius 2 is 1.94 bits per heavy atom. The number of hydrogen-bond donors (Lipinski definition) is 2. The van der Waals surface area contributed by atoms with Crippen molar-refractivity contribution in [3.63, 3.8) is 0 Å². The van der Waals surface area contributed by atoms with Crippen molar-refractivity contribution in [1.82, 2.24) is 14.0 Å². The number of para-hydroxylation sites is 1. The van der Waals surface area contributed by atoms with E-state index in [0.29, 0.717) is 36.1 Å². The van der Waals surface area contributed by atoms with E-state index >= 15 is 0 Å². The van der Waals surface area contributed by atoms with E-state index < -0.39 is 16.1 Å². The maximum Gasteiger partial charge on any atom is 0.304 e. The summed E-state index contributed by atoms with van der Waals surface area (Å²) in [6.07, 6.45) is 1.48. The van der Waals surface area contributed by atoms with Crippen molar-refractivity contribution in [2.45, 2.75) is 65.1 Å². The molecule has 2 fully saturated rings. The van der Waals surface area contributed by atoms with E-state index in [-0.39, 0.29) is 39.2 Å². The van der Waals surface area contributed by atoms with Crippen molar-refractivity contribution in [3.05, 3.63) is 42.0 Å². The van der Waals surface area contributed by atoms with Gasteiger partial charge in [0.15, 0.2) is 0 Å². The molecule has 1 amide bonds. The Kier molecular flexibility index (Phi) is 7.32. The first-order chi connectivity index (χ1) is 16.9. The average molecular weight is 520 g/mol. The Labute approximate surface area is 217 Å². The highest BCUT2D eigenvalue weighted by Crippen LogP contribution is 2.39. The van der Waals surface area contributed by atoms with E-state index in [2.05, 4.69) is 30.4 Å². The predicted octanol–water partition coefficient (Wildman–Crippen LogP) is 3.66. The number of anilines is 1. The van der Waals surface area contributed by atoms with Crippen molar-refractivity contribution < 1.29 is 20.8 Å². The smallest absolute Gasteiger partial charge is 0.304 e. The van der Waals surface area contributed by atoms with Gasteiger partial charge in [0.1, 0.15) is 11.6 Å². The molecule has 10 heteroatoms. The second-order valence-corrected chi connectivity index (χ2v) is 12.5. The van der Waals surface area contributed by atoms with Crippen LogP contribution < -0.4 is 20.1 Å². The zero-order valence-corrected chi connectivity index (χ0v) is 22.5. The molecule has 3 N–H and O–H groups in total. The number of hydrogen-bond acceptors (Lipinski definition) is 7. The van der Waals surface area contributed by atoms with E-state index in [0.717, 1.165) is 12.0 Å². The Balaban J connectivity index is 0.00000253. The molecule has 9 nitrogen and oxygen atoms in total. The molecule has 0 spiro atoms. The summed E-state index contributed by atoms with van der Waals surface area (Å²) in [5, 5.41) is 0. The van der Waals surface area contributed by atoms with Crippen LogP contribution in [0.4, 0.5) is 5.82 Å². The molecule has 0 aliphatic carbocycles. The largest absolute Gasteiger partial charge is 0.490 e. The van der Waals surface area contributed by atoms with Crippen LogP contribution in [0.3, 0.4) is 0 Å². The van der Waals surface area contributed by atoms with Gasteiger partial charge in [0.2, 0.25) is 0 Å². The first kappa shape index (κ1) is 26.4. The standard InChI is InChI=1S/C26H37N5O4S.2H2/c1-17(2)35-23-9-7-6-8-20(23)22-11-10-21(24(28-22)31-15-18(3)14-26(31,4)5)25(32)29-36(33,34)30-13-12-19(27)16-30;;/h6-11,17-19H,12-16,27H2,1-5H3,(H,29,32);2*1H/t18-,19-;;/m0../s1. The normalized spacial score (nSPS) is 22.2. The maximum absolute atomic E-state index is 13.4. The molecule has 4 rings (SSSR count). The monoisotopic (exact) mass is 519 g/mol. The number of ether oxygens (including phenoxy) is 1. The van der Waals surface area contributed by atoms with Gasteiger partial charge in [-0.2, -0.15) is 12.7 Å². The van der Waals surface area contributed by atoms with E-state index in [1.54, 1.807) is 12.1 Å². The van der Waals surface area contributed by atoms with Crippen LogP contribution in [0.25, 0.3) is 11.3 Å². The fourth-order valence-corrected chi connectivity index (χ4v) is 6.39. The molecule has 2 saturated heterocycles. The lowest BCUT2D eigenvalue weighted by Crippen LogP contribution is -2.44. The number of amides is 1. The Morgan fingerprint density at radius 3 is 2.56 bits per heavy atom. The molecule has 1 aromatic heterocycles. The van der Waals surface area contributed by atoms with Gasteiger partial charge in [-0.3, -0.25) is 4.79 Å². The van der Waals surface area contributed by atoms with Crippen LogP contribution >= 0.6 is 0 Å². The summed E-state index contributed by atoms with van der Waals surface area (Å²) in [5.74, 6) is 0.858. The van der Waals surface area contributed by atoms with Crippen molar-refractivity contribution in [2.24, 2.45) is 11.7 Å². The first-order valence-electron chi connectivity index (χ1n) is 12.5. The number of nitrogens with two attached hydrogens (primary N) is 1. The molecule has 0 saturated carbocycles. The molecule has 1 aromatic carbocycles. The van der Waals surface area contributed by atoms with Crippen molar-refractivity contribution in [2.75, 3.05) is 24.5 Å². The summed E-state index contributed by atoms with van der Waals surface area (Å²) < 4.78 is 35.3. The van der Waals surface area contributed by atoms with Crippen LogP contribution in [-0.4, -0.2) is 60.9 Å². The molecule has 2 aliphatic rings. The quantitative estimate of drug-likeness (QED) is 0.573. The van der Waals surface area contributed by atoms with Crippen LogP contribution in [0.1, 0.15) is 60.7 Å². The van der Waals surface area contributed by atoms with Crippen LogP contribution in [0.5, 0.6) is 5.75 Å². The highest BCUT2D eigenvalue weighted by Gasteiger charge is 2.40. The summed E-state index contributed by atoms with van der Waals surface area (Å²) in [6.45, 7) is 11.5. The van der Waals surface area contributed by atoms with Crippen LogP contribution in [0.2, 0.25) is 0 Å². The van der Waals surface area contributed by atoms with E-state index in [9.17, 15) is 13.2 Å². The van der Waals surface area contributed by atoms with E-state index in [1.807, 2.05) is 38.1 Å². The minimum absolute atomic E-state index is 0. The number of carbonyl (C=O) groups is 1. The highest BCUT2D eigenvalue weighted by molar-refractivity contribution is 7.87. The van der Waals surface area contributed by atoms with Gasteiger partial charge in [0.05, 0.1) is 17.4 Å². The maximum atomic E-state index is 13.4. The lowest BCUT2D eigenvalue weighted by Gasteiger charge is -2.34. The van der Waals surface area contributed by atoms with Gasteiger partial charge in [-0.1, -0.05) is 19.1 Å². The SMILES string of the molecule is CC(C)Oc1ccccc1-c1ccc(C(=O)NS(=O)(=O)N2CC[C@H](N)C2)c(N2C[C@@H](C)CC2(C)C)n1.[HH].[HH]. The third-order valence-electron chi connectivity index (χ3n) is 6.72. The first-order valence-corrected chi connectivity index (χ1v) is 13.9. The molecule has 0 radical (unpaired) electrons. The van der Waals surface area contributed by atoms with Crippen LogP contribution in [0, 0.1) is 5.92 Å². The third-order valence-corrected chi connectivity index (χ3v) is 8.18. The van der Waals surface area contributed by atoms with E-state index in [4.69, 9.17) is 15.5 Å². The molecular formula is C26H41N5O4S. The molecule has 3 heterocycles. The number of pyridine rings is 1.